The fraction of sp³-hybridized carbons (Fsp3) is 0.273. The molecule has 0 amide bonds. The molecule has 6 nitrogen and oxygen atoms in total. The third-order valence-corrected chi connectivity index (χ3v) is 4.03. The van der Waals surface area contributed by atoms with Gasteiger partial charge in [-0.25, -0.2) is 9.97 Å². The van der Waals surface area contributed by atoms with Crippen LogP contribution in [-0.4, -0.2) is 29.7 Å². The van der Waals surface area contributed by atoms with Crippen LogP contribution in [0.3, 0.4) is 0 Å². The lowest BCUT2D eigenvalue weighted by Crippen LogP contribution is -2.08. The lowest BCUT2D eigenvalue weighted by Gasteiger charge is -2.15. The van der Waals surface area contributed by atoms with Gasteiger partial charge in [-0.05, 0) is 50.1 Å². The fourth-order valence-corrected chi connectivity index (χ4v) is 2.75. The predicted octanol–water partition coefficient (Wildman–Crippen LogP) is 4.67. The van der Waals surface area contributed by atoms with Crippen LogP contribution in [0.1, 0.15) is 19.4 Å². The summed E-state index contributed by atoms with van der Waals surface area (Å²) in [7, 11) is 1.68. The van der Waals surface area contributed by atoms with Crippen LogP contribution >= 0.6 is 0 Å². The molecule has 1 heterocycles. The van der Waals surface area contributed by atoms with E-state index in [-0.39, 0.29) is 6.10 Å². The molecule has 0 radical (unpaired) electrons. The topological polar surface area (TPSA) is 68.3 Å². The van der Waals surface area contributed by atoms with Crippen molar-refractivity contribution in [1.82, 2.24) is 9.97 Å². The van der Waals surface area contributed by atoms with Crippen LogP contribution in [0.2, 0.25) is 0 Å². The van der Waals surface area contributed by atoms with Gasteiger partial charge in [0.25, 0.3) is 0 Å². The summed E-state index contributed by atoms with van der Waals surface area (Å²) in [5.41, 5.74) is 2.08. The quantitative estimate of drug-likeness (QED) is 0.564. The van der Waals surface area contributed by atoms with Crippen LogP contribution in [0.15, 0.2) is 60.9 Å². The van der Waals surface area contributed by atoms with Gasteiger partial charge < -0.3 is 20.1 Å². The van der Waals surface area contributed by atoms with Crippen LogP contribution in [0.25, 0.3) is 0 Å². The molecule has 3 aromatic rings. The summed E-state index contributed by atoms with van der Waals surface area (Å²) in [6.45, 7) is 4.77. The number of nitrogens with one attached hydrogen (secondary N) is 2. The Labute approximate surface area is 166 Å². The Bertz CT molecular complexity index is 899. The van der Waals surface area contributed by atoms with Crippen LogP contribution in [0.4, 0.5) is 17.3 Å². The number of benzene rings is 2. The Morgan fingerprint density at radius 3 is 2.61 bits per heavy atom. The van der Waals surface area contributed by atoms with Crippen LogP contribution in [0.5, 0.6) is 11.5 Å². The molecule has 0 spiro atoms. The molecule has 28 heavy (non-hydrogen) atoms. The van der Waals surface area contributed by atoms with E-state index in [0.717, 1.165) is 36.0 Å². The highest BCUT2D eigenvalue weighted by molar-refractivity contribution is 5.65. The summed E-state index contributed by atoms with van der Waals surface area (Å²) < 4.78 is 11.1. The minimum absolute atomic E-state index is 0.0992. The summed E-state index contributed by atoms with van der Waals surface area (Å²) in [6.07, 6.45) is 2.51. The molecule has 1 aromatic heterocycles. The zero-order valence-corrected chi connectivity index (χ0v) is 16.5. The van der Waals surface area contributed by atoms with Crippen molar-refractivity contribution in [2.24, 2.45) is 0 Å². The Kier molecular flexibility index (Phi) is 6.68. The van der Waals surface area contributed by atoms with E-state index in [0.29, 0.717) is 5.82 Å². The molecular formula is C22H26N4O2. The van der Waals surface area contributed by atoms with Gasteiger partial charge >= 0.3 is 0 Å². The normalized spacial score (nSPS) is 10.6. The Morgan fingerprint density at radius 1 is 0.964 bits per heavy atom. The van der Waals surface area contributed by atoms with Crippen molar-refractivity contribution in [3.63, 3.8) is 0 Å². The fourth-order valence-electron chi connectivity index (χ4n) is 2.75. The minimum Gasteiger partial charge on any atom is -0.497 e. The van der Waals surface area contributed by atoms with Gasteiger partial charge in [-0.15, -0.1) is 0 Å². The summed E-state index contributed by atoms with van der Waals surface area (Å²) >= 11 is 0. The molecule has 0 fully saturated rings. The molecule has 0 bridgehead atoms. The van der Waals surface area contributed by atoms with E-state index in [2.05, 4.69) is 26.7 Å². The highest BCUT2D eigenvalue weighted by Gasteiger charge is 2.07. The van der Waals surface area contributed by atoms with Crippen molar-refractivity contribution in [3.8, 4) is 11.5 Å². The number of hydrogen-bond acceptors (Lipinski definition) is 6. The molecule has 6 heteroatoms. The molecule has 0 saturated heterocycles. The molecule has 0 aliphatic heterocycles. The van der Waals surface area contributed by atoms with Gasteiger partial charge in [0.2, 0.25) is 0 Å². The number of anilines is 3. The maximum Gasteiger partial charge on any atom is 0.143 e. The standard InChI is InChI=1S/C22H26N4O2/c1-16(2)28-20-10-5-4-9-19(20)26-22-14-21(24-15-25-22)23-12-11-17-7-6-8-18(13-17)27-3/h4-10,13-16H,11-12H2,1-3H3,(H2,23,24,25,26). The predicted molar refractivity (Wildman–Crippen MR) is 113 cm³/mol. The van der Waals surface area contributed by atoms with Gasteiger partial charge in [0.1, 0.15) is 29.5 Å². The molecule has 2 N–H and O–H groups in total. The van der Waals surface area contributed by atoms with E-state index in [9.17, 15) is 0 Å². The molecule has 3 rings (SSSR count). The van der Waals surface area contributed by atoms with E-state index in [4.69, 9.17) is 9.47 Å². The van der Waals surface area contributed by atoms with Crippen LogP contribution < -0.4 is 20.1 Å². The SMILES string of the molecule is COc1cccc(CCNc2cc(Nc3ccccc3OC(C)C)ncn2)c1. The van der Waals surface area contributed by atoms with Crippen molar-refractivity contribution in [2.75, 3.05) is 24.3 Å². The average Bonchev–Trinajstić information content (AvgIpc) is 2.70. The van der Waals surface area contributed by atoms with Gasteiger partial charge in [-0.3, -0.25) is 0 Å². The number of hydrogen-bond donors (Lipinski definition) is 2. The monoisotopic (exact) mass is 378 g/mol. The number of ether oxygens (including phenoxy) is 2. The minimum atomic E-state index is 0.0992. The van der Waals surface area contributed by atoms with Crippen LogP contribution in [0, 0.1) is 0 Å². The zero-order chi connectivity index (χ0) is 19.8. The summed E-state index contributed by atoms with van der Waals surface area (Å²) in [5, 5.41) is 6.65. The van der Waals surface area contributed by atoms with Gasteiger partial charge in [-0.1, -0.05) is 24.3 Å². The highest BCUT2D eigenvalue weighted by Crippen LogP contribution is 2.28. The van der Waals surface area contributed by atoms with Gasteiger partial charge in [0.15, 0.2) is 0 Å². The molecule has 2 aromatic carbocycles. The third kappa shape index (κ3) is 5.61. The smallest absolute Gasteiger partial charge is 0.143 e. The lowest BCUT2D eigenvalue weighted by atomic mass is 10.1. The van der Waals surface area contributed by atoms with E-state index in [1.807, 2.05) is 62.4 Å². The first-order valence-corrected chi connectivity index (χ1v) is 9.35. The molecule has 0 saturated carbocycles. The first kappa shape index (κ1) is 19.5. The number of rotatable bonds is 9. The second-order valence-corrected chi connectivity index (χ2v) is 6.60. The summed E-state index contributed by atoms with van der Waals surface area (Å²) in [5.74, 6) is 3.14. The molecule has 0 aliphatic carbocycles. The summed E-state index contributed by atoms with van der Waals surface area (Å²) in [6, 6.07) is 17.8. The van der Waals surface area contributed by atoms with Gasteiger partial charge in [0, 0.05) is 12.6 Å². The summed E-state index contributed by atoms with van der Waals surface area (Å²) in [4.78, 5) is 8.61. The van der Waals surface area contributed by atoms with Gasteiger partial charge in [-0.2, -0.15) is 0 Å². The number of para-hydroxylation sites is 2. The molecule has 146 valence electrons. The molecular weight excluding hydrogens is 352 g/mol. The maximum absolute atomic E-state index is 5.85. The van der Waals surface area contributed by atoms with E-state index >= 15 is 0 Å². The Morgan fingerprint density at radius 2 is 1.79 bits per heavy atom. The van der Waals surface area contributed by atoms with E-state index in [1.54, 1.807) is 13.4 Å². The van der Waals surface area contributed by atoms with E-state index in [1.165, 1.54) is 5.56 Å². The van der Waals surface area contributed by atoms with Gasteiger partial charge in [0.05, 0.1) is 18.9 Å². The van der Waals surface area contributed by atoms with Crippen LogP contribution in [-0.2, 0) is 6.42 Å². The molecule has 0 aliphatic rings. The second kappa shape index (κ2) is 9.60. The maximum atomic E-state index is 5.85. The largest absolute Gasteiger partial charge is 0.497 e. The van der Waals surface area contributed by atoms with Crippen molar-refractivity contribution in [2.45, 2.75) is 26.4 Å². The Balaban J connectivity index is 1.61. The van der Waals surface area contributed by atoms with Crippen molar-refractivity contribution < 1.29 is 9.47 Å². The number of aromatic nitrogens is 2. The average molecular weight is 378 g/mol. The van der Waals surface area contributed by atoms with Crippen molar-refractivity contribution >= 4 is 17.3 Å². The first-order chi connectivity index (χ1) is 13.6. The molecule has 0 atom stereocenters. The highest BCUT2D eigenvalue weighted by atomic mass is 16.5. The number of nitrogens with zero attached hydrogens (tertiary/aromatic N) is 2. The lowest BCUT2D eigenvalue weighted by molar-refractivity contribution is 0.244. The van der Waals surface area contributed by atoms with E-state index < -0.39 is 0 Å². The van der Waals surface area contributed by atoms with Crippen molar-refractivity contribution in [1.29, 1.82) is 0 Å². The second-order valence-electron chi connectivity index (χ2n) is 6.60. The number of methoxy groups -OCH3 is 1. The van der Waals surface area contributed by atoms with Crippen molar-refractivity contribution in [3.05, 3.63) is 66.5 Å². The first-order valence-electron chi connectivity index (χ1n) is 9.35. The third-order valence-electron chi connectivity index (χ3n) is 4.03. The molecule has 0 unspecified atom stereocenters. The Hall–Kier alpha value is -3.28. The zero-order valence-electron chi connectivity index (χ0n) is 16.5.